The SMILES string of the molecule is CCN(C(=O)c1nn[nH]n1)C1CCCNC1. The molecule has 0 aliphatic carbocycles. The van der Waals surface area contributed by atoms with E-state index in [0.29, 0.717) is 6.54 Å². The topological polar surface area (TPSA) is 86.8 Å². The van der Waals surface area contributed by atoms with Crippen LogP contribution >= 0.6 is 0 Å². The van der Waals surface area contributed by atoms with Gasteiger partial charge in [0, 0.05) is 19.1 Å². The zero-order chi connectivity index (χ0) is 11.4. The number of hydrogen-bond acceptors (Lipinski definition) is 5. The summed E-state index contributed by atoms with van der Waals surface area (Å²) in [5, 5.41) is 16.4. The van der Waals surface area contributed by atoms with Gasteiger partial charge in [-0.3, -0.25) is 4.79 Å². The van der Waals surface area contributed by atoms with Crippen LogP contribution < -0.4 is 5.32 Å². The lowest BCUT2D eigenvalue weighted by atomic mass is 10.1. The molecule has 1 saturated heterocycles. The van der Waals surface area contributed by atoms with Crippen LogP contribution in [0, 0.1) is 0 Å². The smallest absolute Gasteiger partial charge is 0.295 e. The number of carbonyl (C=O) groups is 1. The lowest BCUT2D eigenvalue weighted by Gasteiger charge is -2.33. The highest BCUT2D eigenvalue weighted by molar-refractivity contribution is 5.90. The molecule has 1 aromatic rings. The average Bonchev–Trinajstić information content (AvgIpc) is 2.85. The van der Waals surface area contributed by atoms with Crippen LogP contribution in [-0.2, 0) is 0 Å². The van der Waals surface area contributed by atoms with Crippen molar-refractivity contribution in [2.45, 2.75) is 25.8 Å². The maximum absolute atomic E-state index is 12.0. The fourth-order valence-corrected chi connectivity index (χ4v) is 2.05. The summed E-state index contributed by atoms with van der Waals surface area (Å²) in [5.41, 5.74) is 0. The Labute approximate surface area is 93.6 Å². The summed E-state index contributed by atoms with van der Waals surface area (Å²) >= 11 is 0. The second-order valence-electron chi connectivity index (χ2n) is 3.83. The zero-order valence-corrected chi connectivity index (χ0v) is 9.31. The molecule has 1 unspecified atom stereocenters. The Morgan fingerprint density at radius 2 is 2.50 bits per heavy atom. The van der Waals surface area contributed by atoms with Crippen molar-refractivity contribution < 1.29 is 4.79 Å². The van der Waals surface area contributed by atoms with Gasteiger partial charge in [0.1, 0.15) is 0 Å². The van der Waals surface area contributed by atoms with Crippen molar-refractivity contribution in [3.05, 3.63) is 5.82 Å². The molecule has 7 nitrogen and oxygen atoms in total. The van der Waals surface area contributed by atoms with Crippen molar-refractivity contribution in [1.29, 1.82) is 0 Å². The molecule has 7 heteroatoms. The van der Waals surface area contributed by atoms with Crippen molar-refractivity contribution in [3.63, 3.8) is 0 Å². The van der Waals surface area contributed by atoms with Gasteiger partial charge in [-0.05, 0) is 31.5 Å². The van der Waals surface area contributed by atoms with Gasteiger partial charge in [-0.1, -0.05) is 0 Å². The number of hydrogen-bond donors (Lipinski definition) is 2. The second kappa shape index (κ2) is 5.02. The first kappa shape index (κ1) is 11.0. The molecule has 0 saturated carbocycles. The molecule has 16 heavy (non-hydrogen) atoms. The molecule has 1 fully saturated rings. The summed E-state index contributed by atoms with van der Waals surface area (Å²) < 4.78 is 0. The lowest BCUT2D eigenvalue weighted by molar-refractivity contribution is 0.0649. The second-order valence-corrected chi connectivity index (χ2v) is 3.83. The minimum Gasteiger partial charge on any atom is -0.332 e. The molecule has 2 N–H and O–H groups in total. The van der Waals surface area contributed by atoms with Crippen molar-refractivity contribution in [1.82, 2.24) is 30.8 Å². The van der Waals surface area contributed by atoms with E-state index in [2.05, 4.69) is 25.9 Å². The normalized spacial score (nSPS) is 20.7. The fourth-order valence-electron chi connectivity index (χ4n) is 2.05. The van der Waals surface area contributed by atoms with Crippen LogP contribution in [-0.4, -0.2) is 57.1 Å². The van der Waals surface area contributed by atoms with Crippen molar-refractivity contribution in [2.24, 2.45) is 0 Å². The Bertz CT molecular complexity index is 332. The highest BCUT2D eigenvalue weighted by Gasteiger charge is 2.26. The van der Waals surface area contributed by atoms with E-state index in [1.54, 1.807) is 4.90 Å². The van der Waals surface area contributed by atoms with Gasteiger partial charge in [-0.2, -0.15) is 5.21 Å². The first-order valence-electron chi connectivity index (χ1n) is 5.58. The number of amides is 1. The summed E-state index contributed by atoms with van der Waals surface area (Å²) in [7, 11) is 0. The number of aromatic amines is 1. The van der Waals surface area contributed by atoms with Crippen LogP contribution in [0.5, 0.6) is 0 Å². The first-order valence-corrected chi connectivity index (χ1v) is 5.58. The molecule has 0 bridgehead atoms. The van der Waals surface area contributed by atoms with Crippen molar-refractivity contribution in [3.8, 4) is 0 Å². The van der Waals surface area contributed by atoms with Crippen LogP contribution in [0.15, 0.2) is 0 Å². The Morgan fingerprint density at radius 3 is 3.06 bits per heavy atom. The molecule has 1 atom stereocenters. The molecule has 1 aliphatic rings. The number of likely N-dealkylation sites (N-methyl/N-ethyl adjacent to an activating group) is 1. The summed E-state index contributed by atoms with van der Waals surface area (Å²) in [6.45, 7) is 4.51. The van der Waals surface area contributed by atoms with Gasteiger partial charge in [-0.15, -0.1) is 10.2 Å². The van der Waals surface area contributed by atoms with Crippen LogP contribution in [0.25, 0.3) is 0 Å². The molecule has 2 heterocycles. The largest absolute Gasteiger partial charge is 0.332 e. The molecule has 88 valence electrons. The van der Waals surface area contributed by atoms with Crippen LogP contribution in [0.4, 0.5) is 0 Å². The number of carbonyl (C=O) groups excluding carboxylic acids is 1. The van der Waals surface area contributed by atoms with Crippen LogP contribution in [0.2, 0.25) is 0 Å². The molecular weight excluding hydrogens is 208 g/mol. The standard InChI is InChI=1S/C9H16N6O/c1-2-15(7-4-3-5-10-6-7)9(16)8-11-13-14-12-8/h7,10H,2-6H2,1H3,(H,11,12,13,14). The number of nitrogens with zero attached hydrogens (tertiary/aromatic N) is 4. The molecule has 2 rings (SSSR count). The number of nitrogens with one attached hydrogen (secondary N) is 2. The number of rotatable bonds is 3. The summed E-state index contributed by atoms with van der Waals surface area (Å²) in [4.78, 5) is 13.9. The average molecular weight is 224 g/mol. The van der Waals surface area contributed by atoms with Gasteiger partial charge in [-0.25, -0.2) is 0 Å². The molecule has 0 aromatic carbocycles. The number of tetrazole rings is 1. The van der Waals surface area contributed by atoms with Crippen LogP contribution in [0.3, 0.4) is 0 Å². The Hall–Kier alpha value is -1.50. The summed E-state index contributed by atoms with van der Waals surface area (Å²) in [6.07, 6.45) is 2.13. The molecule has 1 aliphatic heterocycles. The lowest BCUT2D eigenvalue weighted by Crippen LogP contribution is -2.48. The Balaban J connectivity index is 2.06. The number of aromatic nitrogens is 4. The third-order valence-corrected chi connectivity index (χ3v) is 2.85. The molecular formula is C9H16N6O. The van der Waals surface area contributed by atoms with E-state index in [9.17, 15) is 4.79 Å². The fraction of sp³-hybridized carbons (Fsp3) is 0.778. The quantitative estimate of drug-likeness (QED) is 0.717. The zero-order valence-electron chi connectivity index (χ0n) is 9.31. The van der Waals surface area contributed by atoms with E-state index < -0.39 is 0 Å². The predicted octanol–water partition coefficient (Wildman–Crippen LogP) is -0.586. The summed E-state index contributed by atoms with van der Waals surface area (Å²) in [6, 6.07) is 0.241. The van der Waals surface area contributed by atoms with E-state index >= 15 is 0 Å². The van der Waals surface area contributed by atoms with Crippen molar-refractivity contribution >= 4 is 5.91 Å². The Kier molecular flexibility index (Phi) is 3.45. The van der Waals surface area contributed by atoms with Crippen LogP contribution in [0.1, 0.15) is 30.4 Å². The van der Waals surface area contributed by atoms with E-state index in [1.807, 2.05) is 6.92 Å². The van der Waals surface area contributed by atoms with Gasteiger partial charge in [0.25, 0.3) is 11.7 Å². The van der Waals surface area contributed by atoms with Crippen molar-refractivity contribution in [2.75, 3.05) is 19.6 Å². The van der Waals surface area contributed by atoms with Gasteiger partial charge in [0.05, 0.1) is 0 Å². The maximum atomic E-state index is 12.0. The van der Waals surface area contributed by atoms with E-state index in [1.165, 1.54) is 0 Å². The van der Waals surface area contributed by atoms with E-state index in [-0.39, 0.29) is 17.8 Å². The molecule has 1 aromatic heterocycles. The van der Waals surface area contributed by atoms with Gasteiger partial charge >= 0.3 is 0 Å². The van der Waals surface area contributed by atoms with Gasteiger partial charge in [0.15, 0.2) is 0 Å². The van der Waals surface area contributed by atoms with Gasteiger partial charge in [0.2, 0.25) is 0 Å². The first-order chi connectivity index (χ1) is 7.83. The minimum absolute atomic E-state index is 0.146. The summed E-state index contributed by atoms with van der Waals surface area (Å²) in [5.74, 6) is -0.00243. The minimum atomic E-state index is -0.148. The highest BCUT2D eigenvalue weighted by Crippen LogP contribution is 2.12. The predicted molar refractivity (Wildman–Crippen MR) is 56.8 cm³/mol. The molecule has 0 radical (unpaired) electrons. The van der Waals surface area contributed by atoms with Gasteiger partial charge < -0.3 is 10.2 Å². The maximum Gasteiger partial charge on any atom is 0.295 e. The van der Waals surface area contributed by atoms with E-state index in [0.717, 1.165) is 25.9 Å². The third-order valence-electron chi connectivity index (χ3n) is 2.85. The third kappa shape index (κ3) is 2.19. The number of piperidine rings is 1. The molecule has 1 amide bonds. The highest BCUT2D eigenvalue weighted by atomic mass is 16.2. The monoisotopic (exact) mass is 224 g/mol. The number of H-pyrrole nitrogens is 1. The molecule has 0 spiro atoms. The van der Waals surface area contributed by atoms with E-state index in [4.69, 9.17) is 0 Å². The Morgan fingerprint density at radius 1 is 1.62 bits per heavy atom.